The summed E-state index contributed by atoms with van der Waals surface area (Å²) in [4.78, 5) is 14.4. The van der Waals surface area contributed by atoms with Gasteiger partial charge in [0.2, 0.25) is 0 Å². The van der Waals surface area contributed by atoms with Crippen LogP contribution in [0.25, 0.3) is 11.6 Å². The molecule has 0 saturated heterocycles. The quantitative estimate of drug-likeness (QED) is 0.541. The minimum atomic E-state index is -3.39. The van der Waals surface area contributed by atoms with E-state index in [1.54, 1.807) is 6.07 Å². The van der Waals surface area contributed by atoms with Gasteiger partial charge in [0, 0.05) is 11.8 Å². The summed E-state index contributed by atoms with van der Waals surface area (Å²) >= 11 is 0. The standard InChI is InChI=1S/C11H8N2O3S/c1-17(15,16)10-4-2-3-8-7(10)5-6-9(14)11(8)13-12/h2-6H,1H3. The first kappa shape index (κ1) is 11.4. The number of carbonyl (C=O) groups excluding carboxylic acids is 1. The maximum atomic E-state index is 11.6. The molecule has 0 atom stereocenters. The SMILES string of the molecule is CS(=O)(=O)c1cccc2c1C=CC(=O)C2=[N+]=[N-]. The smallest absolute Gasteiger partial charge is 0.361 e. The van der Waals surface area contributed by atoms with Crippen LogP contribution in [0.5, 0.6) is 0 Å². The van der Waals surface area contributed by atoms with Crippen molar-refractivity contribution in [3.63, 3.8) is 0 Å². The van der Waals surface area contributed by atoms with E-state index in [4.69, 9.17) is 5.53 Å². The van der Waals surface area contributed by atoms with E-state index >= 15 is 0 Å². The van der Waals surface area contributed by atoms with Crippen LogP contribution < -0.4 is 0 Å². The normalized spacial score (nSPS) is 14.4. The highest BCUT2D eigenvalue weighted by molar-refractivity contribution is 7.90. The number of hydrogen-bond acceptors (Lipinski definition) is 3. The molecule has 0 amide bonds. The first-order valence-electron chi connectivity index (χ1n) is 4.73. The van der Waals surface area contributed by atoms with Crippen LogP contribution in [0.3, 0.4) is 0 Å². The van der Waals surface area contributed by atoms with Gasteiger partial charge in [-0.05, 0) is 24.3 Å². The Morgan fingerprint density at radius 1 is 1.24 bits per heavy atom. The predicted molar refractivity (Wildman–Crippen MR) is 61.3 cm³/mol. The van der Waals surface area contributed by atoms with E-state index in [-0.39, 0.29) is 10.6 Å². The Balaban J connectivity index is 2.86. The number of hydrogen-bond donors (Lipinski definition) is 0. The number of sulfone groups is 1. The van der Waals surface area contributed by atoms with E-state index in [2.05, 4.69) is 4.79 Å². The summed E-state index contributed by atoms with van der Waals surface area (Å²) in [5.41, 5.74) is 9.34. The highest BCUT2D eigenvalue weighted by atomic mass is 32.2. The van der Waals surface area contributed by atoms with Crippen molar-refractivity contribution in [2.75, 3.05) is 6.26 Å². The van der Waals surface area contributed by atoms with Crippen molar-refractivity contribution in [1.29, 1.82) is 0 Å². The molecule has 1 aliphatic rings. The molecule has 0 N–H and O–H groups in total. The molecule has 86 valence electrons. The van der Waals surface area contributed by atoms with Crippen LogP contribution in [-0.4, -0.2) is 31.0 Å². The van der Waals surface area contributed by atoms with E-state index in [1.807, 2.05) is 0 Å². The Labute approximate surface area is 97.9 Å². The van der Waals surface area contributed by atoms with Crippen molar-refractivity contribution in [3.8, 4) is 0 Å². The monoisotopic (exact) mass is 248 g/mol. The van der Waals surface area contributed by atoms with Gasteiger partial charge in [0.1, 0.15) is 0 Å². The molecule has 2 rings (SSSR count). The van der Waals surface area contributed by atoms with Gasteiger partial charge in [-0.1, -0.05) is 6.07 Å². The first-order chi connectivity index (χ1) is 7.95. The number of allylic oxidation sites excluding steroid dienone is 1. The summed E-state index contributed by atoms with van der Waals surface area (Å²) in [5, 5.41) is 0. The predicted octanol–water partition coefficient (Wildman–Crippen LogP) is 0.705. The van der Waals surface area contributed by atoms with Gasteiger partial charge in [0.05, 0.1) is 10.5 Å². The Bertz CT molecular complexity index is 695. The largest absolute Gasteiger partial charge is 0.369 e. The molecule has 0 heterocycles. The number of nitrogens with zero attached hydrogens (tertiary/aromatic N) is 2. The minimum Gasteiger partial charge on any atom is -0.361 e. The average Bonchev–Trinajstić information content (AvgIpc) is 2.26. The van der Waals surface area contributed by atoms with Crippen LogP contribution in [-0.2, 0) is 14.6 Å². The lowest BCUT2D eigenvalue weighted by Crippen LogP contribution is -2.20. The van der Waals surface area contributed by atoms with E-state index in [0.717, 1.165) is 6.26 Å². The highest BCUT2D eigenvalue weighted by Crippen LogP contribution is 2.24. The molecule has 1 aromatic rings. The van der Waals surface area contributed by atoms with Gasteiger partial charge in [-0.2, -0.15) is 4.79 Å². The molecule has 0 saturated carbocycles. The van der Waals surface area contributed by atoms with Crippen molar-refractivity contribution in [3.05, 3.63) is 40.9 Å². The fourth-order valence-corrected chi connectivity index (χ4v) is 2.62. The van der Waals surface area contributed by atoms with Crippen LogP contribution in [0.15, 0.2) is 29.2 Å². The summed E-state index contributed by atoms with van der Waals surface area (Å²) in [6, 6.07) is 4.50. The van der Waals surface area contributed by atoms with Crippen LogP contribution in [0, 0.1) is 0 Å². The maximum Gasteiger partial charge on any atom is 0.369 e. The second kappa shape index (κ2) is 3.76. The van der Waals surface area contributed by atoms with Gasteiger partial charge in [0.15, 0.2) is 9.84 Å². The van der Waals surface area contributed by atoms with E-state index in [9.17, 15) is 13.2 Å². The summed E-state index contributed by atoms with van der Waals surface area (Å²) < 4.78 is 23.1. The van der Waals surface area contributed by atoms with Gasteiger partial charge in [0.25, 0.3) is 5.78 Å². The number of fused-ring (bicyclic) bond motifs is 1. The van der Waals surface area contributed by atoms with Crippen molar-refractivity contribution < 1.29 is 18.0 Å². The zero-order valence-electron chi connectivity index (χ0n) is 8.91. The second-order valence-electron chi connectivity index (χ2n) is 3.64. The molecule has 6 heteroatoms. The van der Waals surface area contributed by atoms with Crippen LogP contribution >= 0.6 is 0 Å². The zero-order valence-corrected chi connectivity index (χ0v) is 9.73. The lowest BCUT2D eigenvalue weighted by atomic mass is 9.95. The molecule has 1 aromatic carbocycles. The van der Waals surface area contributed by atoms with E-state index < -0.39 is 15.6 Å². The minimum absolute atomic E-state index is 0.111. The van der Waals surface area contributed by atoms with Crippen LogP contribution in [0.2, 0.25) is 0 Å². The molecule has 17 heavy (non-hydrogen) atoms. The Kier molecular flexibility index (Phi) is 2.53. The van der Waals surface area contributed by atoms with Gasteiger partial charge in [-0.15, -0.1) is 0 Å². The van der Waals surface area contributed by atoms with Crippen molar-refractivity contribution in [1.82, 2.24) is 0 Å². The van der Waals surface area contributed by atoms with Gasteiger partial charge in [-0.25, -0.2) is 8.42 Å². The van der Waals surface area contributed by atoms with Gasteiger partial charge in [-0.3, -0.25) is 4.79 Å². The van der Waals surface area contributed by atoms with Gasteiger partial charge < -0.3 is 5.53 Å². The summed E-state index contributed by atoms with van der Waals surface area (Å²) in [6.45, 7) is 0. The molecule has 1 aliphatic carbocycles. The molecule has 0 unspecified atom stereocenters. The number of benzene rings is 1. The molecule has 5 nitrogen and oxygen atoms in total. The fourth-order valence-electron chi connectivity index (χ4n) is 1.72. The molecule has 0 aromatic heterocycles. The molecular formula is C11H8N2O3S. The molecule has 0 fully saturated rings. The lowest BCUT2D eigenvalue weighted by molar-refractivity contribution is -0.112. The Morgan fingerprint density at radius 2 is 1.94 bits per heavy atom. The Hall–Kier alpha value is -2.04. The Morgan fingerprint density at radius 3 is 2.53 bits per heavy atom. The summed E-state index contributed by atoms with van der Waals surface area (Å²) in [7, 11) is -3.39. The maximum absolute atomic E-state index is 11.6. The third kappa shape index (κ3) is 1.84. The highest BCUT2D eigenvalue weighted by Gasteiger charge is 2.29. The van der Waals surface area contributed by atoms with Crippen LogP contribution in [0.4, 0.5) is 0 Å². The topological polar surface area (TPSA) is 87.6 Å². The number of ketones is 1. The van der Waals surface area contributed by atoms with Gasteiger partial charge >= 0.3 is 5.71 Å². The molecule has 0 bridgehead atoms. The molecule has 0 aliphatic heterocycles. The van der Waals surface area contributed by atoms with Crippen molar-refractivity contribution in [2.45, 2.75) is 4.90 Å². The number of carbonyl (C=O) groups is 1. The lowest BCUT2D eigenvalue weighted by Gasteiger charge is -2.09. The molecular weight excluding hydrogens is 240 g/mol. The molecule has 0 spiro atoms. The number of rotatable bonds is 1. The van der Waals surface area contributed by atoms with E-state index in [0.29, 0.717) is 11.1 Å². The van der Waals surface area contributed by atoms with Crippen molar-refractivity contribution in [2.24, 2.45) is 0 Å². The second-order valence-corrected chi connectivity index (χ2v) is 5.62. The summed E-state index contributed by atoms with van der Waals surface area (Å²) in [6.07, 6.45) is 3.69. The van der Waals surface area contributed by atoms with Crippen molar-refractivity contribution >= 4 is 27.4 Å². The fraction of sp³-hybridized carbons (Fsp3) is 0.0909. The van der Waals surface area contributed by atoms with E-state index in [1.165, 1.54) is 24.3 Å². The first-order valence-corrected chi connectivity index (χ1v) is 6.62. The third-order valence-electron chi connectivity index (χ3n) is 2.46. The molecule has 0 radical (unpaired) electrons. The summed E-state index contributed by atoms with van der Waals surface area (Å²) in [5.74, 6) is -0.453. The third-order valence-corrected chi connectivity index (χ3v) is 3.61. The average molecular weight is 248 g/mol. The van der Waals surface area contributed by atoms with Crippen LogP contribution in [0.1, 0.15) is 11.1 Å². The zero-order chi connectivity index (χ0) is 12.6.